The van der Waals surface area contributed by atoms with Crippen LogP contribution in [-0.4, -0.2) is 28.9 Å². The number of methoxy groups -OCH3 is 1. The number of anilines is 2. The van der Waals surface area contributed by atoms with Gasteiger partial charge in [-0.2, -0.15) is 0 Å². The topological polar surface area (TPSA) is 112 Å². The lowest BCUT2D eigenvalue weighted by atomic mass is 10.1. The number of benzene rings is 2. The van der Waals surface area contributed by atoms with Gasteiger partial charge in [-0.05, 0) is 37.6 Å². The third-order valence-corrected chi connectivity index (χ3v) is 5.47. The zero-order valence-electron chi connectivity index (χ0n) is 17.9. The fraction of sp³-hybridized carbons (Fsp3) is 0.227. The van der Waals surface area contributed by atoms with E-state index in [1.54, 1.807) is 5.38 Å². The number of nitrogens with zero attached hydrogens (tertiary/aromatic N) is 3. The lowest BCUT2D eigenvalue weighted by molar-refractivity contribution is -0.386. The van der Waals surface area contributed by atoms with Crippen LogP contribution < -0.4 is 9.64 Å². The van der Waals surface area contributed by atoms with Crippen molar-refractivity contribution >= 4 is 39.7 Å². The highest BCUT2D eigenvalue weighted by atomic mass is 32.1. The van der Waals surface area contributed by atoms with Crippen molar-refractivity contribution in [2.75, 3.05) is 12.0 Å². The molecular weight excluding hydrogens is 434 g/mol. The van der Waals surface area contributed by atoms with Gasteiger partial charge < -0.3 is 9.47 Å². The first-order chi connectivity index (χ1) is 15.2. The fourth-order valence-electron chi connectivity index (χ4n) is 3.11. The van der Waals surface area contributed by atoms with E-state index in [4.69, 9.17) is 4.74 Å². The van der Waals surface area contributed by atoms with E-state index in [-0.39, 0.29) is 29.5 Å². The molecule has 32 heavy (non-hydrogen) atoms. The summed E-state index contributed by atoms with van der Waals surface area (Å²) >= 11 is 1.27. The Balaban J connectivity index is 1.82. The zero-order valence-corrected chi connectivity index (χ0v) is 18.8. The summed E-state index contributed by atoms with van der Waals surface area (Å²) < 4.78 is 10.2. The van der Waals surface area contributed by atoms with Gasteiger partial charge in [0, 0.05) is 18.4 Å². The number of amides is 1. The third-order valence-electron chi connectivity index (χ3n) is 4.59. The van der Waals surface area contributed by atoms with Gasteiger partial charge in [0.05, 0.1) is 29.0 Å². The second-order valence-corrected chi connectivity index (χ2v) is 7.82. The Hall–Kier alpha value is -3.79. The minimum Gasteiger partial charge on any atom is -0.480 e. The Morgan fingerprint density at radius 2 is 1.94 bits per heavy atom. The average Bonchev–Trinajstić information content (AvgIpc) is 3.21. The number of carbonyl (C=O) groups excluding carboxylic acids is 2. The fourth-order valence-corrected chi connectivity index (χ4v) is 3.97. The number of aromatic nitrogens is 1. The molecule has 1 heterocycles. The SMILES string of the molecule is COC(=O)c1ccc(OCc2csc(N(C(C)=O)c3ccc(C)cc3C)n2)c([N+](=O)[O-])c1. The number of ether oxygens (including phenoxy) is 2. The van der Waals surface area contributed by atoms with Gasteiger partial charge in [0.15, 0.2) is 10.9 Å². The van der Waals surface area contributed by atoms with E-state index in [1.165, 1.54) is 42.4 Å². The van der Waals surface area contributed by atoms with Gasteiger partial charge in [-0.1, -0.05) is 17.7 Å². The number of rotatable bonds is 7. The van der Waals surface area contributed by atoms with Crippen molar-refractivity contribution in [3.63, 3.8) is 0 Å². The van der Waals surface area contributed by atoms with Crippen LogP contribution in [0.1, 0.15) is 34.1 Å². The number of hydrogen-bond acceptors (Lipinski definition) is 8. The van der Waals surface area contributed by atoms with Crippen molar-refractivity contribution < 1.29 is 24.0 Å². The maximum atomic E-state index is 12.4. The Morgan fingerprint density at radius 3 is 2.56 bits per heavy atom. The molecule has 0 atom stereocenters. The van der Waals surface area contributed by atoms with Gasteiger partial charge in [0.25, 0.3) is 0 Å². The maximum Gasteiger partial charge on any atom is 0.338 e. The molecule has 0 unspecified atom stereocenters. The number of hydrogen-bond donors (Lipinski definition) is 0. The lowest BCUT2D eigenvalue weighted by Gasteiger charge is -2.20. The van der Waals surface area contributed by atoms with E-state index in [2.05, 4.69) is 9.72 Å². The molecule has 1 amide bonds. The smallest absolute Gasteiger partial charge is 0.338 e. The quantitative estimate of drug-likeness (QED) is 0.288. The summed E-state index contributed by atoms with van der Waals surface area (Å²) in [5.41, 5.74) is 2.96. The van der Waals surface area contributed by atoms with E-state index in [1.807, 2.05) is 32.0 Å². The summed E-state index contributed by atoms with van der Waals surface area (Å²) in [5, 5.41) is 13.6. The number of aryl methyl sites for hydroxylation is 2. The van der Waals surface area contributed by atoms with Crippen LogP contribution in [0.4, 0.5) is 16.5 Å². The van der Waals surface area contributed by atoms with E-state index in [9.17, 15) is 19.7 Å². The van der Waals surface area contributed by atoms with Gasteiger partial charge in [-0.25, -0.2) is 9.78 Å². The molecule has 2 aromatic carbocycles. The molecule has 0 aliphatic rings. The molecule has 0 N–H and O–H groups in total. The molecule has 0 fully saturated rings. The lowest BCUT2D eigenvalue weighted by Crippen LogP contribution is -2.23. The van der Waals surface area contributed by atoms with Crippen molar-refractivity contribution in [1.82, 2.24) is 4.98 Å². The molecule has 0 spiro atoms. The Bertz CT molecular complexity index is 1190. The second kappa shape index (κ2) is 9.56. The highest BCUT2D eigenvalue weighted by Crippen LogP contribution is 2.33. The summed E-state index contributed by atoms with van der Waals surface area (Å²) in [6.45, 7) is 5.31. The van der Waals surface area contributed by atoms with Gasteiger partial charge in [-0.15, -0.1) is 11.3 Å². The summed E-state index contributed by atoms with van der Waals surface area (Å²) in [5.74, 6) is -0.873. The molecule has 0 saturated heterocycles. The largest absolute Gasteiger partial charge is 0.480 e. The molecule has 0 saturated carbocycles. The average molecular weight is 455 g/mol. The van der Waals surface area contributed by atoms with Crippen molar-refractivity contribution in [3.05, 3.63) is 74.3 Å². The summed E-state index contributed by atoms with van der Waals surface area (Å²) in [4.78, 5) is 40.7. The summed E-state index contributed by atoms with van der Waals surface area (Å²) in [7, 11) is 1.20. The highest BCUT2D eigenvalue weighted by molar-refractivity contribution is 7.14. The second-order valence-electron chi connectivity index (χ2n) is 6.99. The Morgan fingerprint density at radius 1 is 1.19 bits per heavy atom. The van der Waals surface area contributed by atoms with Crippen LogP contribution in [0, 0.1) is 24.0 Å². The van der Waals surface area contributed by atoms with Crippen molar-refractivity contribution in [3.8, 4) is 5.75 Å². The molecule has 166 valence electrons. The maximum absolute atomic E-state index is 12.4. The molecule has 9 nitrogen and oxygen atoms in total. The van der Waals surface area contributed by atoms with Crippen LogP contribution in [0.25, 0.3) is 0 Å². The van der Waals surface area contributed by atoms with E-state index < -0.39 is 10.9 Å². The Kier molecular flexibility index (Phi) is 6.84. The number of carbonyl (C=O) groups is 2. The molecule has 10 heteroatoms. The molecule has 0 bridgehead atoms. The number of nitro benzene ring substituents is 1. The molecule has 0 aliphatic heterocycles. The van der Waals surface area contributed by atoms with Crippen molar-refractivity contribution in [2.24, 2.45) is 0 Å². The first-order valence-corrected chi connectivity index (χ1v) is 10.4. The molecule has 3 rings (SSSR count). The number of thiazole rings is 1. The van der Waals surface area contributed by atoms with Crippen molar-refractivity contribution in [1.29, 1.82) is 0 Å². The third kappa shape index (κ3) is 4.92. The molecule has 1 aromatic heterocycles. The van der Waals surface area contributed by atoms with Crippen molar-refractivity contribution in [2.45, 2.75) is 27.4 Å². The van der Waals surface area contributed by atoms with Gasteiger partial charge in [-0.3, -0.25) is 19.8 Å². The number of nitro groups is 1. The summed E-state index contributed by atoms with van der Waals surface area (Å²) in [6, 6.07) is 9.61. The molecule has 0 radical (unpaired) electrons. The van der Waals surface area contributed by atoms with Gasteiger partial charge in [0.1, 0.15) is 6.61 Å². The van der Waals surface area contributed by atoms with Crippen LogP contribution >= 0.6 is 11.3 Å². The first-order valence-electron chi connectivity index (χ1n) is 9.53. The van der Waals surface area contributed by atoms with Gasteiger partial charge in [0.2, 0.25) is 5.91 Å². The van der Waals surface area contributed by atoms with Crippen LogP contribution in [0.5, 0.6) is 5.75 Å². The standard InChI is InChI=1S/C22H21N3O6S/c1-13-5-7-18(14(2)9-13)24(15(3)26)22-23-17(12-32-22)11-31-20-8-6-16(21(27)30-4)10-19(20)25(28)29/h5-10,12H,11H2,1-4H3. The van der Waals surface area contributed by atoms with Crippen LogP contribution in [0.3, 0.4) is 0 Å². The zero-order chi connectivity index (χ0) is 23.4. The minimum absolute atomic E-state index is 0.00462. The summed E-state index contributed by atoms with van der Waals surface area (Å²) in [6.07, 6.45) is 0. The van der Waals surface area contributed by atoms with Gasteiger partial charge >= 0.3 is 11.7 Å². The predicted molar refractivity (Wildman–Crippen MR) is 120 cm³/mol. The molecule has 3 aromatic rings. The van der Waals surface area contributed by atoms with Crippen LogP contribution in [-0.2, 0) is 16.1 Å². The number of esters is 1. The van der Waals surface area contributed by atoms with Crippen LogP contribution in [0.2, 0.25) is 0 Å². The molecular formula is C22H21N3O6S. The normalized spacial score (nSPS) is 10.5. The van der Waals surface area contributed by atoms with E-state index >= 15 is 0 Å². The predicted octanol–water partition coefficient (Wildman–Crippen LogP) is 4.72. The first kappa shape index (κ1) is 22.9. The Labute approximate surface area is 188 Å². The minimum atomic E-state index is -0.681. The molecule has 0 aliphatic carbocycles. The van der Waals surface area contributed by atoms with E-state index in [0.29, 0.717) is 10.8 Å². The highest BCUT2D eigenvalue weighted by Gasteiger charge is 2.22. The van der Waals surface area contributed by atoms with Crippen LogP contribution in [0.15, 0.2) is 41.8 Å². The monoisotopic (exact) mass is 455 g/mol. The van der Waals surface area contributed by atoms with E-state index in [0.717, 1.165) is 22.9 Å².